The lowest BCUT2D eigenvalue weighted by atomic mass is 10.1. The van der Waals surface area contributed by atoms with Gasteiger partial charge in [0, 0.05) is 11.3 Å². The van der Waals surface area contributed by atoms with Gasteiger partial charge in [0.1, 0.15) is 0 Å². The zero-order valence-electron chi connectivity index (χ0n) is 13.8. The highest BCUT2D eigenvalue weighted by Gasteiger charge is 2.08. The van der Waals surface area contributed by atoms with Crippen molar-refractivity contribution in [2.75, 3.05) is 5.32 Å². The summed E-state index contributed by atoms with van der Waals surface area (Å²) in [5.74, 6) is -0.326. The van der Waals surface area contributed by atoms with E-state index >= 15 is 0 Å². The minimum Gasteiger partial charge on any atom is -0.332 e. The molecule has 1 amide bonds. The maximum Gasteiger partial charge on any atom is 0.257 e. The number of amides is 1. The van der Waals surface area contributed by atoms with Crippen LogP contribution in [0.25, 0.3) is 11.1 Å². The molecule has 2 N–H and O–H groups in total. The normalized spacial score (nSPS) is 9.81. The van der Waals surface area contributed by atoms with Crippen molar-refractivity contribution < 1.29 is 4.79 Å². The Labute approximate surface area is 157 Å². The molecule has 0 aromatic heterocycles. The van der Waals surface area contributed by atoms with E-state index in [0.29, 0.717) is 11.1 Å². The molecule has 0 saturated carbocycles. The molecule has 0 heterocycles. The van der Waals surface area contributed by atoms with E-state index in [2.05, 4.69) is 10.6 Å². The van der Waals surface area contributed by atoms with Crippen molar-refractivity contribution >= 4 is 28.9 Å². The lowest BCUT2D eigenvalue weighted by Gasteiger charge is -2.10. The van der Waals surface area contributed by atoms with E-state index < -0.39 is 0 Å². The maximum absolute atomic E-state index is 12.2. The van der Waals surface area contributed by atoms with E-state index in [0.717, 1.165) is 16.8 Å². The Kier molecular flexibility index (Phi) is 5.37. The van der Waals surface area contributed by atoms with E-state index in [9.17, 15) is 4.79 Å². The fourth-order valence-corrected chi connectivity index (χ4v) is 2.62. The molecule has 0 aliphatic carbocycles. The Hall–Kier alpha value is -3.49. The molecule has 0 spiro atoms. The van der Waals surface area contributed by atoms with Gasteiger partial charge in [0.15, 0.2) is 5.11 Å². The topological polar surface area (TPSA) is 64.9 Å². The van der Waals surface area contributed by atoms with Crippen LogP contribution in [-0.2, 0) is 0 Å². The lowest BCUT2D eigenvalue weighted by Crippen LogP contribution is -2.34. The number of benzene rings is 3. The summed E-state index contributed by atoms with van der Waals surface area (Å²) in [5, 5.41) is 14.6. The summed E-state index contributed by atoms with van der Waals surface area (Å²) < 4.78 is 0. The third-order valence-electron chi connectivity index (χ3n) is 3.75. The van der Waals surface area contributed by atoms with Crippen LogP contribution in [0.1, 0.15) is 15.9 Å². The van der Waals surface area contributed by atoms with Crippen molar-refractivity contribution in [3.05, 3.63) is 90.0 Å². The summed E-state index contributed by atoms with van der Waals surface area (Å²) in [6.45, 7) is 0. The molecule has 26 heavy (non-hydrogen) atoms. The maximum atomic E-state index is 12.2. The predicted molar refractivity (Wildman–Crippen MR) is 107 cm³/mol. The summed E-state index contributed by atoms with van der Waals surface area (Å²) in [6, 6.07) is 26.2. The van der Waals surface area contributed by atoms with Crippen molar-refractivity contribution in [3.63, 3.8) is 0 Å². The molecule has 4 nitrogen and oxygen atoms in total. The quantitative estimate of drug-likeness (QED) is 0.684. The molecule has 5 heteroatoms. The highest BCUT2D eigenvalue weighted by molar-refractivity contribution is 7.80. The van der Waals surface area contributed by atoms with Gasteiger partial charge in [-0.15, -0.1) is 0 Å². The van der Waals surface area contributed by atoms with Crippen molar-refractivity contribution in [1.82, 2.24) is 5.32 Å². The van der Waals surface area contributed by atoms with E-state index in [1.807, 2.05) is 60.7 Å². The van der Waals surface area contributed by atoms with Crippen molar-refractivity contribution in [2.45, 2.75) is 0 Å². The van der Waals surface area contributed by atoms with Crippen LogP contribution in [0.15, 0.2) is 78.9 Å². The van der Waals surface area contributed by atoms with Crippen LogP contribution in [0.4, 0.5) is 5.69 Å². The van der Waals surface area contributed by atoms with Gasteiger partial charge in [-0.05, 0) is 59.7 Å². The fourth-order valence-electron chi connectivity index (χ4n) is 2.41. The number of hydrogen-bond donors (Lipinski definition) is 2. The molecule has 3 rings (SSSR count). The molecule has 3 aromatic rings. The predicted octanol–water partition coefficient (Wildman–Crippen LogP) is 4.35. The molecule has 0 atom stereocenters. The fraction of sp³-hybridized carbons (Fsp3) is 0. The van der Waals surface area contributed by atoms with Gasteiger partial charge in [0.2, 0.25) is 0 Å². The first-order valence-electron chi connectivity index (χ1n) is 7.94. The third-order valence-corrected chi connectivity index (χ3v) is 3.96. The van der Waals surface area contributed by atoms with Gasteiger partial charge in [-0.2, -0.15) is 5.26 Å². The SMILES string of the molecule is N#Cc1ccc(C(=O)NC(=S)Nc2ccc(-c3ccccc3)cc2)cc1. The Morgan fingerprint density at radius 3 is 2.08 bits per heavy atom. The zero-order chi connectivity index (χ0) is 18.4. The summed E-state index contributed by atoms with van der Waals surface area (Å²) in [6.07, 6.45) is 0. The van der Waals surface area contributed by atoms with Crippen LogP contribution < -0.4 is 10.6 Å². The lowest BCUT2D eigenvalue weighted by molar-refractivity contribution is 0.0977. The van der Waals surface area contributed by atoms with E-state index in [1.165, 1.54) is 0 Å². The molecule has 0 bridgehead atoms. The van der Waals surface area contributed by atoms with Gasteiger partial charge < -0.3 is 5.32 Å². The van der Waals surface area contributed by atoms with Crippen molar-refractivity contribution in [3.8, 4) is 17.2 Å². The summed E-state index contributed by atoms with van der Waals surface area (Å²) in [5.41, 5.74) is 3.96. The number of rotatable bonds is 3. The first kappa shape index (κ1) is 17.3. The molecule has 3 aromatic carbocycles. The molecular formula is C21H15N3OS. The minimum absolute atomic E-state index is 0.215. The second kappa shape index (κ2) is 8.06. The van der Waals surface area contributed by atoms with Crippen LogP contribution in [-0.4, -0.2) is 11.0 Å². The number of carbonyl (C=O) groups excluding carboxylic acids is 1. The minimum atomic E-state index is -0.326. The standard InChI is InChI=1S/C21H15N3OS/c22-14-15-6-8-18(9-7-15)20(25)24-21(26)23-19-12-10-17(11-13-19)16-4-2-1-3-5-16/h1-13H,(H2,23,24,25,26). The second-order valence-electron chi connectivity index (χ2n) is 5.54. The van der Waals surface area contributed by atoms with E-state index in [1.54, 1.807) is 24.3 Å². The number of thiocarbonyl (C=S) groups is 1. The zero-order valence-corrected chi connectivity index (χ0v) is 14.6. The van der Waals surface area contributed by atoms with Gasteiger partial charge >= 0.3 is 0 Å². The van der Waals surface area contributed by atoms with Gasteiger partial charge in [0.05, 0.1) is 11.6 Å². The molecular weight excluding hydrogens is 342 g/mol. The van der Waals surface area contributed by atoms with Crippen LogP contribution in [0, 0.1) is 11.3 Å². The molecule has 0 radical (unpaired) electrons. The number of hydrogen-bond acceptors (Lipinski definition) is 3. The summed E-state index contributed by atoms with van der Waals surface area (Å²) >= 11 is 5.19. The number of nitriles is 1. The molecule has 126 valence electrons. The molecule has 0 fully saturated rings. The van der Waals surface area contributed by atoms with Crippen molar-refractivity contribution in [1.29, 1.82) is 5.26 Å². The highest BCUT2D eigenvalue weighted by atomic mass is 32.1. The van der Waals surface area contributed by atoms with Gasteiger partial charge in [-0.3, -0.25) is 10.1 Å². The van der Waals surface area contributed by atoms with Crippen LogP contribution in [0.5, 0.6) is 0 Å². The van der Waals surface area contributed by atoms with Gasteiger partial charge in [-0.1, -0.05) is 42.5 Å². The Morgan fingerprint density at radius 2 is 1.46 bits per heavy atom. The van der Waals surface area contributed by atoms with E-state index in [-0.39, 0.29) is 11.0 Å². The summed E-state index contributed by atoms with van der Waals surface area (Å²) in [7, 11) is 0. The Bertz CT molecular complexity index is 959. The first-order valence-corrected chi connectivity index (χ1v) is 8.34. The van der Waals surface area contributed by atoms with Crippen LogP contribution in [0.3, 0.4) is 0 Å². The number of carbonyl (C=O) groups is 1. The summed E-state index contributed by atoms with van der Waals surface area (Å²) in [4.78, 5) is 12.2. The third kappa shape index (κ3) is 4.32. The molecule has 0 unspecified atom stereocenters. The smallest absolute Gasteiger partial charge is 0.257 e. The molecule has 0 saturated heterocycles. The average molecular weight is 357 g/mol. The Balaban J connectivity index is 1.61. The molecule has 0 aliphatic rings. The first-order chi connectivity index (χ1) is 12.7. The van der Waals surface area contributed by atoms with Gasteiger partial charge in [0.25, 0.3) is 5.91 Å². The second-order valence-corrected chi connectivity index (χ2v) is 5.95. The largest absolute Gasteiger partial charge is 0.332 e. The number of anilines is 1. The number of nitrogens with zero attached hydrogens (tertiary/aromatic N) is 1. The highest BCUT2D eigenvalue weighted by Crippen LogP contribution is 2.20. The monoisotopic (exact) mass is 357 g/mol. The van der Waals surface area contributed by atoms with Crippen molar-refractivity contribution in [2.24, 2.45) is 0 Å². The molecule has 0 aliphatic heterocycles. The van der Waals surface area contributed by atoms with E-state index in [4.69, 9.17) is 17.5 Å². The number of nitrogens with one attached hydrogen (secondary N) is 2. The van der Waals surface area contributed by atoms with Gasteiger partial charge in [-0.25, -0.2) is 0 Å². The van der Waals surface area contributed by atoms with Crippen LogP contribution in [0.2, 0.25) is 0 Å². The van der Waals surface area contributed by atoms with Crippen LogP contribution >= 0.6 is 12.2 Å². The Morgan fingerprint density at radius 1 is 0.846 bits per heavy atom. The average Bonchev–Trinajstić information content (AvgIpc) is 2.69.